The lowest BCUT2D eigenvalue weighted by atomic mass is 10.0. The first-order valence-electron chi connectivity index (χ1n) is 6.91. The van der Waals surface area contributed by atoms with Crippen LogP contribution in [0.1, 0.15) is 18.4 Å². The number of hydrogen-bond acceptors (Lipinski definition) is 8. The molecule has 1 rings (SSSR count). The van der Waals surface area contributed by atoms with E-state index < -0.39 is 28.7 Å². The highest BCUT2D eigenvalue weighted by Gasteiger charge is 2.28. The highest BCUT2D eigenvalue weighted by Crippen LogP contribution is 2.20. The van der Waals surface area contributed by atoms with Gasteiger partial charge in [0, 0.05) is 6.07 Å². The number of para-hydroxylation sites is 1. The van der Waals surface area contributed by atoms with E-state index in [2.05, 4.69) is 9.47 Å². The Balaban J connectivity index is 2.79. The predicted molar refractivity (Wildman–Crippen MR) is 79.6 cm³/mol. The van der Waals surface area contributed by atoms with Gasteiger partial charge in [-0.15, -0.1) is 0 Å². The van der Waals surface area contributed by atoms with E-state index in [9.17, 15) is 24.5 Å². The number of nitro groups is 1. The molecule has 0 bridgehead atoms. The number of hydrogen-bond donors (Lipinski definition) is 0. The van der Waals surface area contributed by atoms with Crippen molar-refractivity contribution in [2.75, 3.05) is 14.2 Å². The average molecular weight is 339 g/mol. The van der Waals surface area contributed by atoms with E-state index in [0.717, 1.165) is 14.2 Å². The van der Waals surface area contributed by atoms with Gasteiger partial charge in [0.15, 0.2) is 0 Å². The molecule has 0 N–H and O–H groups in total. The Hall–Kier alpha value is -2.97. The number of esters is 3. The van der Waals surface area contributed by atoms with Crippen molar-refractivity contribution in [3.63, 3.8) is 0 Å². The van der Waals surface area contributed by atoms with Crippen molar-refractivity contribution in [2.45, 2.75) is 19.4 Å². The van der Waals surface area contributed by atoms with Gasteiger partial charge in [0.2, 0.25) is 0 Å². The third-order valence-electron chi connectivity index (χ3n) is 3.17. The molecule has 0 aliphatic carbocycles. The molecule has 0 spiro atoms. The lowest BCUT2D eigenvalue weighted by Gasteiger charge is -2.14. The van der Waals surface area contributed by atoms with E-state index in [4.69, 9.17) is 4.74 Å². The van der Waals surface area contributed by atoms with Gasteiger partial charge in [-0.2, -0.15) is 0 Å². The van der Waals surface area contributed by atoms with Gasteiger partial charge in [-0.25, -0.2) is 0 Å². The molecule has 0 unspecified atom stereocenters. The highest BCUT2D eigenvalue weighted by atomic mass is 16.6. The summed E-state index contributed by atoms with van der Waals surface area (Å²) in [7, 11) is 2.30. The maximum absolute atomic E-state index is 12.1. The number of methoxy groups -OCH3 is 2. The molecule has 130 valence electrons. The van der Waals surface area contributed by atoms with Crippen LogP contribution in [0.5, 0.6) is 0 Å². The minimum absolute atomic E-state index is 0.192. The topological polar surface area (TPSA) is 122 Å². The normalized spacial score (nSPS) is 10.1. The smallest absolute Gasteiger partial charge is 0.310 e. The van der Waals surface area contributed by atoms with E-state index >= 15 is 0 Å². The van der Waals surface area contributed by atoms with Crippen molar-refractivity contribution in [3.8, 4) is 0 Å². The first kappa shape index (κ1) is 19.1. The van der Waals surface area contributed by atoms with Crippen LogP contribution in [-0.4, -0.2) is 37.1 Å². The van der Waals surface area contributed by atoms with Crippen LogP contribution in [0, 0.1) is 16.0 Å². The zero-order chi connectivity index (χ0) is 18.1. The number of ether oxygens (including phenoxy) is 3. The van der Waals surface area contributed by atoms with Crippen LogP contribution in [-0.2, 0) is 35.2 Å². The van der Waals surface area contributed by atoms with Crippen LogP contribution in [0.4, 0.5) is 5.69 Å². The molecule has 0 atom stereocenters. The Bertz CT molecular complexity index is 610. The number of benzene rings is 1. The minimum Gasteiger partial charge on any atom is -0.469 e. The second kappa shape index (κ2) is 9.23. The van der Waals surface area contributed by atoms with Gasteiger partial charge in [-0.1, -0.05) is 12.1 Å². The van der Waals surface area contributed by atoms with Crippen molar-refractivity contribution in [1.29, 1.82) is 0 Å². The second-order valence-corrected chi connectivity index (χ2v) is 4.75. The lowest BCUT2D eigenvalue weighted by Crippen LogP contribution is -2.25. The first-order valence-corrected chi connectivity index (χ1v) is 6.91. The summed E-state index contributed by atoms with van der Waals surface area (Å²) in [5.74, 6) is -3.31. The Morgan fingerprint density at radius 1 is 1.08 bits per heavy atom. The third-order valence-corrected chi connectivity index (χ3v) is 3.17. The van der Waals surface area contributed by atoms with Gasteiger partial charge in [-0.3, -0.25) is 24.5 Å². The molecule has 1 aromatic rings. The van der Waals surface area contributed by atoms with Gasteiger partial charge in [0.05, 0.1) is 43.5 Å². The summed E-state index contributed by atoms with van der Waals surface area (Å²) in [5.41, 5.74) is 0.00789. The zero-order valence-corrected chi connectivity index (χ0v) is 13.2. The molecule has 24 heavy (non-hydrogen) atoms. The largest absolute Gasteiger partial charge is 0.469 e. The fourth-order valence-corrected chi connectivity index (χ4v) is 1.89. The molecule has 0 heterocycles. The molecule has 0 saturated carbocycles. The van der Waals surface area contributed by atoms with E-state index in [1.54, 1.807) is 6.07 Å². The highest BCUT2D eigenvalue weighted by molar-refractivity contribution is 5.84. The van der Waals surface area contributed by atoms with E-state index in [1.807, 2.05) is 0 Å². The van der Waals surface area contributed by atoms with E-state index in [0.29, 0.717) is 0 Å². The summed E-state index contributed by atoms with van der Waals surface area (Å²) in [6.07, 6.45) is -0.720. The van der Waals surface area contributed by atoms with Crippen LogP contribution < -0.4 is 0 Å². The fraction of sp³-hybridized carbons (Fsp3) is 0.400. The van der Waals surface area contributed by atoms with Gasteiger partial charge >= 0.3 is 17.9 Å². The fourth-order valence-electron chi connectivity index (χ4n) is 1.89. The maximum atomic E-state index is 12.1. The van der Waals surface area contributed by atoms with E-state index in [-0.39, 0.29) is 30.7 Å². The summed E-state index contributed by atoms with van der Waals surface area (Å²) < 4.78 is 14.0. The minimum atomic E-state index is -1.09. The number of carbonyl (C=O) groups excluding carboxylic acids is 3. The quantitative estimate of drug-likeness (QED) is 0.301. The monoisotopic (exact) mass is 339 g/mol. The summed E-state index contributed by atoms with van der Waals surface area (Å²) in [6, 6.07) is 5.78. The molecular weight excluding hydrogens is 322 g/mol. The Kier molecular flexibility index (Phi) is 7.34. The summed E-state index contributed by atoms with van der Waals surface area (Å²) in [4.78, 5) is 45.1. The standard InChI is InChI=1S/C15H17NO8/c1-22-13(17)7-11(8-14(18)23-2)15(19)24-9-10-5-3-4-6-12(10)16(20)21/h3-6,11H,7-9H2,1-2H3. The van der Waals surface area contributed by atoms with Crippen molar-refractivity contribution in [2.24, 2.45) is 5.92 Å². The van der Waals surface area contributed by atoms with Gasteiger partial charge in [-0.05, 0) is 6.07 Å². The molecular formula is C15H17NO8. The molecule has 1 aromatic carbocycles. The SMILES string of the molecule is COC(=O)CC(CC(=O)OC)C(=O)OCc1ccccc1[N+](=O)[O-]. The molecule has 0 aliphatic heterocycles. The summed E-state index contributed by atoms with van der Waals surface area (Å²) >= 11 is 0. The number of nitro benzene ring substituents is 1. The summed E-state index contributed by atoms with van der Waals surface area (Å²) in [6.45, 7) is -0.352. The third kappa shape index (κ3) is 5.67. The molecule has 0 aliphatic rings. The van der Waals surface area contributed by atoms with Crippen molar-refractivity contribution >= 4 is 23.6 Å². The Morgan fingerprint density at radius 2 is 1.62 bits per heavy atom. The molecule has 0 radical (unpaired) electrons. The Morgan fingerprint density at radius 3 is 2.12 bits per heavy atom. The molecule has 0 aromatic heterocycles. The first-order chi connectivity index (χ1) is 11.4. The number of nitrogens with zero attached hydrogens (tertiary/aromatic N) is 1. The molecule has 0 fully saturated rings. The van der Waals surface area contributed by atoms with Crippen molar-refractivity contribution in [1.82, 2.24) is 0 Å². The van der Waals surface area contributed by atoms with Gasteiger partial charge in [0.25, 0.3) is 5.69 Å². The number of rotatable bonds is 8. The number of carbonyl (C=O) groups is 3. The zero-order valence-electron chi connectivity index (χ0n) is 13.2. The van der Waals surface area contributed by atoms with Crippen molar-refractivity contribution in [3.05, 3.63) is 39.9 Å². The van der Waals surface area contributed by atoms with Gasteiger partial charge < -0.3 is 14.2 Å². The van der Waals surface area contributed by atoms with Crippen LogP contribution in [0.2, 0.25) is 0 Å². The van der Waals surface area contributed by atoms with Crippen molar-refractivity contribution < 1.29 is 33.5 Å². The molecule has 0 saturated heterocycles. The molecule has 0 amide bonds. The Labute approximate surface area is 137 Å². The molecule has 9 nitrogen and oxygen atoms in total. The van der Waals surface area contributed by atoms with Crippen LogP contribution >= 0.6 is 0 Å². The van der Waals surface area contributed by atoms with Crippen LogP contribution in [0.3, 0.4) is 0 Å². The molecule has 9 heteroatoms. The van der Waals surface area contributed by atoms with Crippen LogP contribution in [0.25, 0.3) is 0 Å². The predicted octanol–water partition coefficient (Wildman–Crippen LogP) is 1.38. The average Bonchev–Trinajstić information content (AvgIpc) is 2.58. The second-order valence-electron chi connectivity index (χ2n) is 4.75. The van der Waals surface area contributed by atoms with E-state index in [1.165, 1.54) is 18.2 Å². The maximum Gasteiger partial charge on any atom is 0.310 e. The van der Waals surface area contributed by atoms with Crippen LogP contribution in [0.15, 0.2) is 24.3 Å². The summed E-state index contributed by atoms with van der Waals surface area (Å²) in [5, 5.41) is 10.9. The van der Waals surface area contributed by atoms with Gasteiger partial charge in [0.1, 0.15) is 6.61 Å². The lowest BCUT2D eigenvalue weighted by molar-refractivity contribution is -0.385.